The summed E-state index contributed by atoms with van der Waals surface area (Å²) in [7, 11) is 0. The molecule has 0 aliphatic rings. The molecule has 0 saturated carbocycles. The van der Waals surface area contributed by atoms with Crippen LogP contribution in [0, 0.1) is 6.92 Å². The van der Waals surface area contributed by atoms with Crippen LogP contribution >= 0.6 is 0 Å². The molecule has 0 aliphatic carbocycles. The fourth-order valence-electron chi connectivity index (χ4n) is 3.02. The Bertz CT molecular complexity index is 920. The third kappa shape index (κ3) is 6.14. The zero-order chi connectivity index (χ0) is 20.5. The summed E-state index contributed by atoms with van der Waals surface area (Å²) in [5.41, 5.74) is 4.51. The van der Waals surface area contributed by atoms with Gasteiger partial charge in [-0.25, -0.2) is 0 Å². The maximum Gasteiger partial charge on any atom is 0.251 e. The van der Waals surface area contributed by atoms with Crippen molar-refractivity contribution in [1.29, 1.82) is 0 Å². The zero-order valence-electron chi connectivity index (χ0n) is 17.1. The highest BCUT2D eigenvalue weighted by Crippen LogP contribution is 2.20. The molecule has 1 amide bonds. The summed E-state index contributed by atoms with van der Waals surface area (Å²) in [6, 6.07) is 19.4. The van der Waals surface area contributed by atoms with Gasteiger partial charge in [0.25, 0.3) is 5.91 Å². The lowest BCUT2D eigenvalue weighted by Gasteiger charge is -2.09. The number of hydrogen-bond acceptors (Lipinski definition) is 4. The average Bonchev–Trinajstić information content (AvgIpc) is 2.75. The standard InChI is InChI=1S/C24H28N4O/c1-3-4-5-6-16-25-24(29)20-8-7-9-21(17-20)26-23-15-14-22(27-28-23)19-12-10-18(2)11-13-19/h7-15,17H,3-6,16H2,1-2H3,(H,25,29)(H,26,28). The number of carbonyl (C=O) groups excluding carboxylic acids is 1. The normalized spacial score (nSPS) is 10.6. The molecule has 0 unspecified atom stereocenters. The lowest BCUT2D eigenvalue weighted by atomic mass is 10.1. The fourth-order valence-corrected chi connectivity index (χ4v) is 3.02. The van der Waals surface area contributed by atoms with Crippen LogP contribution in [0.3, 0.4) is 0 Å². The highest BCUT2D eigenvalue weighted by molar-refractivity contribution is 5.95. The number of benzene rings is 2. The van der Waals surface area contributed by atoms with E-state index in [2.05, 4.69) is 46.8 Å². The Balaban J connectivity index is 1.59. The Labute approximate surface area is 172 Å². The van der Waals surface area contributed by atoms with Crippen molar-refractivity contribution in [2.45, 2.75) is 39.5 Å². The van der Waals surface area contributed by atoms with Crippen LogP contribution in [0.4, 0.5) is 11.5 Å². The van der Waals surface area contributed by atoms with E-state index < -0.39 is 0 Å². The smallest absolute Gasteiger partial charge is 0.251 e. The highest BCUT2D eigenvalue weighted by Gasteiger charge is 2.07. The Kier molecular flexibility index (Phi) is 7.34. The van der Waals surface area contributed by atoms with Crippen molar-refractivity contribution in [3.63, 3.8) is 0 Å². The summed E-state index contributed by atoms with van der Waals surface area (Å²) in [5, 5.41) is 14.8. The molecule has 1 heterocycles. The quantitative estimate of drug-likeness (QED) is 0.475. The van der Waals surface area contributed by atoms with Crippen LogP contribution in [-0.4, -0.2) is 22.6 Å². The largest absolute Gasteiger partial charge is 0.352 e. The van der Waals surface area contributed by atoms with Crippen LogP contribution in [0.25, 0.3) is 11.3 Å². The molecule has 0 atom stereocenters. The molecule has 0 spiro atoms. The van der Waals surface area contributed by atoms with Gasteiger partial charge >= 0.3 is 0 Å². The van der Waals surface area contributed by atoms with E-state index in [9.17, 15) is 4.79 Å². The second-order valence-corrected chi connectivity index (χ2v) is 7.19. The molecule has 1 aromatic heterocycles. The van der Waals surface area contributed by atoms with Crippen LogP contribution < -0.4 is 10.6 Å². The van der Waals surface area contributed by atoms with Gasteiger partial charge < -0.3 is 10.6 Å². The second kappa shape index (κ2) is 10.4. The lowest BCUT2D eigenvalue weighted by Crippen LogP contribution is -2.24. The minimum Gasteiger partial charge on any atom is -0.352 e. The van der Waals surface area contributed by atoms with E-state index in [0.29, 0.717) is 17.9 Å². The predicted octanol–water partition coefficient (Wildman–Crippen LogP) is 5.51. The van der Waals surface area contributed by atoms with Crippen molar-refractivity contribution in [3.05, 3.63) is 71.8 Å². The van der Waals surface area contributed by atoms with Crippen LogP contribution in [0.1, 0.15) is 48.5 Å². The molecule has 150 valence electrons. The molecular formula is C24H28N4O. The second-order valence-electron chi connectivity index (χ2n) is 7.19. The number of carbonyl (C=O) groups is 1. The number of aryl methyl sites for hydroxylation is 1. The van der Waals surface area contributed by atoms with Crippen LogP contribution in [0.15, 0.2) is 60.7 Å². The number of nitrogens with zero attached hydrogens (tertiary/aromatic N) is 2. The summed E-state index contributed by atoms with van der Waals surface area (Å²) in [4.78, 5) is 12.3. The summed E-state index contributed by atoms with van der Waals surface area (Å²) < 4.78 is 0. The molecule has 0 saturated heterocycles. The minimum absolute atomic E-state index is 0.0500. The molecule has 5 nitrogen and oxygen atoms in total. The van der Waals surface area contributed by atoms with Crippen LogP contribution in [0.5, 0.6) is 0 Å². The first-order valence-corrected chi connectivity index (χ1v) is 10.2. The van der Waals surface area contributed by atoms with Crippen molar-refractivity contribution in [3.8, 4) is 11.3 Å². The van der Waals surface area contributed by atoms with Crippen molar-refractivity contribution in [2.75, 3.05) is 11.9 Å². The van der Waals surface area contributed by atoms with Gasteiger partial charge in [-0.1, -0.05) is 62.1 Å². The van der Waals surface area contributed by atoms with E-state index in [1.807, 2.05) is 48.5 Å². The number of amides is 1. The van der Waals surface area contributed by atoms with Crippen LogP contribution in [-0.2, 0) is 0 Å². The number of rotatable bonds is 9. The molecule has 2 aromatic carbocycles. The fraction of sp³-hybridized carbons (Fsp3) is 0.292. The van der Waals surface area contributed by atoms with Crippen molar-refractivity contribution < 1.29 is 4.79 Å². The van der Waals surface area contributed by atoms with Gasteiger partial charge in [0, 0.05) is 23.4 Å². The Hall–Kier alpha value is -3.21. The van der Waals surface area contributed by atoms with E-state index in [-0.39, 0.29) is 5.91 Å². The maximum atomic E-state index is 12.3. The summed E-state index contributed by atoms with van der Waals surface area (Å²) in [6.45, 7) is 4.95. The van der Waals surface area contributed by atoms with E-state index in [1.54, 1.807) is 0 Å². The van der Waals surface area contributed by atoms with Gasteiger partial charge in [0.15, 0.2) is 5.82 Å². The lowest BCUT2D eigenvalue weighted by molar-refractivity contribution is 0.0953. The van der Waals surface area contributed by atoms with Gasteiger partial charge in [0.05, 0.1) is 5.69 Å². The molecule has 0 radical (unpaired) electrons. The van der Waals surface area contributed by atoms with Gasteiger partial charge in [-0.3, -0.25) is 4.79 Å². The van der Waals surface area contributed by atoms with Crippen LogP contribution in [0.2, 0.25) is 0 Å². The molecule has 2 N–H and O–H groups in total. The van der Waals surface area contributed by atoms with Gasteiger partial charge in [-0.15, -0.1) is 10.2 Å². The molecule has 0 bridgehead atoms. The van der Waals surface area contributed by atoms with Gasteiger partial charge in [-0.05, 0) is 43.7 Å². The van der Waals surface area contributed by atoms with Crippen molar-refractivity contribution >= 4 is 17.4 Å². The van der Waals surface area contributed by atoms with E-state index in [1.165, 1.54) is 18.4 Å². The molecular weight excluding hydrogens is 360 g/mol. The molecule has 3 rings (SSSR count). The number of unbranched alkanes of at least 4 members (excludes halogenated alkanes) is 3. The number of aromatic nitrogens is 2. The molecule has 29 heavy (non-hydrogen) atoms. The molecule has 0 aliphatic heterocycles. The Morgan fingerprint density at radius 1 is 0.931 bits per heavy atom. The number of anilines is 2. The first-order chi connectivity index (χ1) is 14.2. The monoisotopic (exact) mass is 388 g/mol. The topological polar surface area (TPSA) is 66.9 Å². The summed E-state index contributed by atoms with van der Waals surface area (Å²) in [5.74, 6) is 0.587. The SMILES string of the molecule is CCCCCCNC(=O)c1cccc(Nc2ccc(-c3ccc(C)cc3)nn2)c1. The average molecular weight is 389 g/mol. The third-order valence-corrected chi connectivity index (χ3v) is 4.72. The maximum absolute atomic E-state index is 12.3. The van der Waals surface area contributed by atoms with Gasteiger partial charge in [-0.2, -0.15) is 0 Å². The zero-order valence-corrected chi connectivity index (χ0v) is 17.1. The highest BCUT2D eigenvalue weighted by atomic mass is 16.1. The minimum atomic E-state index is -0.0500. The predicted molar refractivity (Wildman–Crippen MR) is 118 cm³/mol. The summed E-state index contributed by atoms with van der Waals surface area (Å²) >= 11 is 0. The first kappa shape index (κ1) is 20.5. The van der Waals surface area contributed by atoms with Gasteiger partial charge in [0.2, 0.25) is 0 Å². The van der Waals surface area contributed by atoms with Gasteiger partial charge in [0.1, 0.15) is 0 Å². The van der Waals surface area contributed by atoms with E-state index >= 15 is 0 Å². The number of hydrogen-bond donors (Lipinski definition) is 2. The number of nitrogens with one attached hydrogen (secondary N) is 2. The first-order valence-electron chi connectivity index (χ1n) is 10.2. The van der Waals surface area contributed by atoms with E-state index in [0.717, 1.165) is 29.8 Å². The molecule has 5 heteroatoms. The summed E-state index contributed by atoms with van der Waals surface area (Å²) in [6.07, 6.45) is 4.56. The third-order valence-electron chi connectivity index (χ3n) is 4.72. The molecule has 0 fully saturated rings. The van der Waals surface area contributed by atoms with E-state index in [4.69, 9.17) is 0 Å². The Morgan fingerprint density at radius 3 is 2.48 bits per heavy atom. The van der Waals surface area contributed by atoms with Crippen molar-refractivity contribution in [2.24, 2.45) is 0 Å². The molecule has 3 aromatic rings. The van der Waals surface area contributed by atoms with Crippen molar-refractivity contribution in [1.82, 2.24) is 15.5 Å². The Morgan fingerprint density at radius 2 is 1.76 bits per heavy atom.